The zero-order valence-corrected chi connectivity index (χ0v) is 10.4. The van der Waals surface area contributed by atoms with Gasteiger partial charge in [-0.05, 0) is 60.7 Å². The summed E-state index contributed by atoms with van der Waals surface area (Å²) in [6.45, 7) is 11.8. The lowest BCUT2D eigenvalue weighted by atomic mass is 9.62. The minimum atomic E-state index is 0.660. The first kappa shape index (κ1) is 9.93. The van der Waals surface area contributed by atoms with E-state index < -0.39 is 0 Å². The Kier molecular flexibility index (Phi) is 1.92. The summed E-state index contributed by atoms with van der Waals surface area (Å²) in [4.78, 5) is 0. The maximum atomic E-state index is 4.46. The van der Waals surface area contributed by atoms with Crippen LogP contribution >= 0.6 is 0 Å². The SMILES string of the molecule is C=C1C2C(C(C)C)CCC3(C)C1CCC23. The van der Waals surface area contributed by atoms with Crippen LogP contribution in [0.5, 0.6) is 0 Å². The van der Waals surface area contributed by atoms with Crippen molar-refractivity contribution in [2.24, 2.45) is 35.0 Å². The zero-order chi connectivity index (χ0) is 10.8. The second-order valence-corrected chi connectivity index (χ2v) is 6.79. The van der Waals surface area contributed by atoms with E-state index in [4.69, 9.17) is 0 Å². The molecule has 0 spiro atoms. The molecule has 84 valence electrons. The lowest BCUT2D eigenvalue weighted by Gasteiger charge is -2.42. The van der Waals surface area contributed by atoms with Gasteiger partial charge in [-0.3, -0.25) is 0 Å². The number of allylic oxidation sites excluding steroid dienone is 1. The molecule has 0 amide bonds. The van der Waals surface area contributed by atoms with E-state index in [-0.39, 0.29) is 0 Å². The van der Waals surface area contributed by atoms with Gasteiger partial charge in [-0.25, -0.2) is 0 Å². The van der Waals surface area contributed by atoms with E-state index in [1.165, 1.54) is 25.7 Å². The molecule has 0 aromatic heterocycles. The molecule has 0 heteroatoms. The van der Waals surface area contributed by atoms with Crippen LogP contribution in [-0.2, 0) is 0 Å². The van der Waals surface area contributed by atoms with Crippen LogP contribution in [0.4, 0.5) is 0 Å². The Morgan fingerprint density at radius 2 is 2.00 bits per heavy atom. The van der Waals surface area contributed by atoms with Crippen LogP contribution in [0.1, 0.15) is 46.5 Å². The average molecular weight is 204 g/mol. The van der Waals surface area contributed by atoms with Crippen molar-refractivity contribution in [1.29, 1.82) is 0 Å². The Hall–Kier alpha value is -0.260. The third kappa shape index (κ3) is 1.04. The molecule has 4 bridgehead atoms. The fourth-order valence-corrected chi connectivity index (χ4v) is 5.29. The predicted octanol–water partition coefficient (Wildman–Crippen LogP) is 4.27. The molecular weight excluding hydrogens is 180 g/mol. The molecule has 3 rings (SSSR count). The van der Waals surface area contributed by atoms with E-state index in [1.807, 2.05) is 0 Å². The van der Waals surface area contributed by atoms with E-state index in [9.17, 15) is 0 Å². The largest absolute Gasteiger partial charge is 0.0993 e. The zero-order valence-electron chi connectivity index (χ0n) is 10.4. The molecule has 3 aliphatic rings. The monoisotopic (exact) mass is 204 g/mol. The molecule has 0 saturated heterocycles. The fourth-order valence-electron chi connectivity index (χ4n) is 5.29. The number of hydrogen-bond donors (Lipinski definition) is 0. The molecule has 0 aromatic rings. The summed E-state index contributed by atoms with van der Waals surface area (Å²) < 4.78 is 0. The maximum absolute atomic E-state index is 4.46. The predicted molar refractivity (Wildman–Crippen MR) is 64.5 cm³/mol. The summed E-state index contributed by atoms with van der Waals surface area (Å²) in [5, 5.41) is 0. The Labute approximate surface area is 94.1 Å². The Morgan fingerprint density at radius 3 is 2.67 bits per heavy atom. The van der Waals surface area contributed by atoms with Gasteiger partial charge in [-0.1, -0.05) is 32.9 Å². The molecule has 0 aromatic carbocycles. The quantitative estimate of drug-likeness (QED) is 0.559. The summed E-state index contributed by atoms with van der Waals surface area (Å²) in [5.74, 6) is 4.58. The number of rotatable bonds is 1. The standard InChI is InChI=1S/C15H24/c1-9(2)11-7-8-15(4)12-5-6-13(15)14(11)10(12)3/h9,11-14H,3,5-8H2,1-2,4H3. The molecular formula is C15H24. The molecule has 0 aliphatic heterocycles. The van der Waals surface area contributed by atoms with Gasteiger partial charge in [0.25, 0.3) is 0 Å². The van der Waals surface area contributed by atoms with Crippen molar-refractivity contribution in [3.05, 3.63) is 12.2 Å². The van der Waals surface area contributed by atoms with Gasteiger partial charge < -0.3 is 0 Å². The first-order valence-electron chi connectivity index (χ1n) is 6.74. The van der Waals surface area contributed by atoms with Gasteiger partial charge in [0, 0.05) is 0 Å². The third-order valence-corrected chi connectivity index (χ3v) is 6.05. The maximum Gasteiger partial charge on any atom is -0.0138 e. The lowest BCUT2D eigenvalue weighted by Crippen LogP contribution is -2.35. The molecule has 0 nitrogen and oxygen atoms in total. The average Bonchev–Trinajstić information content (AvgIpc) is 2.57. The molecule has 5 unspecified atom stereocenters. The Morgan fingerprint density at radius 1 is 1.27 bits per heavy atom. The first-order chi connectivity index (χ1) is 7.05. The highest BCUT2D eigenvalue weighted by Crippen LogP contribution is 2.70. The van der Waals surface area contributed by atoms with E-state index in [0.717, 1.165) is 29.6 Å². The van der Waals surface area contributed by atoms with Gasteiger partial charge in [0.1, 0.15) is 0 Å². The minimum absolute atomic E-state index is 0.660. The van der Waals surface area contributed by atoms with Crippen molar-refractivity contribution < 1.29 is 0 Å². The van der Waals surface area contributed by atoms with Crippen LogP contribution in [0, 0.1) is 35.0 Å². The van der Waals surface area contributed by atoms with E-state index in [0.29, 0.717) is 5.41 Å². The highest BCUT2D eigenvalue weighted by atomic mass is 14.7. The molecule has 0 radical (unpaired) electrons. The van der Waals surface area contributed by atoms with Crippen LogP contribution in [0.3, 0.4) is 0 Å². The first-order valence-corrected chi connectivity index (χ1v) is 6.74. The highest BCUT2D eigenvalue weighted by Gasteiger charge is 2.61. The van der Waals surface area contributed by atoms with E-state index in [1.54, 1.807) is 5.57 Å². The van der Waals surface area contributed by atoms with Crippen molar-refractivity contribution in [3.8, 4) is 0 Å². The topological polar surface area (TPSA) is 0 Å². The van der Waals surface area contributed by atoms with Gasteiger partial charge in [0.2, 0.25) is 0 Å². The van der Waals surface area contributed by atoms with E-state index in [2.05, 4.69) is 27.4 Å². The van der Waals surface area contributed by atoms with Gasteiger partial charge >= 0.3 is 0 Å². The van der Waals surface area contributed by atoms with Gasteiger partial charge in [0.05, 0.1) is 0 Å². The van der Waals surface area contributed by atoms with Gasteiger partial charge in [0.15, 0.2) is 0 Å². The Balaban J connectivity index is 1.99. The highest BCUT2D eigenvalue weighted by molar-refractivity contribution is 5.28. The second kappa shape index (κ2) is 2.90. The summed E-state index contributed by atoms with van der Waals surface area (Å²) in [6.07, 6.45) is 5.88. The second-order valence-electron chi connectivity index (χ2n) is 6.79. The molecule has 5 atom stereocenters. The van der Waals surface area contributed by atoms with Crippen LogP contribution in [0.2, 0.25) is 0 Å². The van der Waals surface area contributed by atoms with Crippen molar-refractivity contribution in [2.45, 2.75) is 46.5 Å². The van der Waals surface area contributed by atoms with Crippen molar-refractivity contribution in [1.82, 2.24) is 0 Å². The summed E-state index contributed by atoms with van der Waals surface area (Å²) in [7, 11) is 0. The summed E-state index contributed by atoms with van der Waals surface area (Å²) in [6, 6.07) is 0. The van der Waals surface area contributed by atoms with Crippen LogP contribution < -0.4 is 0 Å². The van der Waals surface area contributed by atoms with Gasteiger partial charge in [-0.2, -0.15) is 0 Å². The molecule has 3 aliphatic carbocycles. The van der Waals surface area contributed by atoms with Crippen molar-refractivity contribution >= 4 is 0 Å². The minimum Gasteiger partial charge on any atom is -0.0993 e. The summed E-state index contributed by atoms with van der Waals surface area (Å²) in [5.41, 5.74) is 2.30. The molecule has 3 saturated carbocycles. The third-order valence-electron chi connectivity index (χ3n) is 6.05. The smallest absolute Gasteiger partial charge is 0.0138 e. The lowest BCUT2D eigenvalue weighted by molar-refractivity contribution is 0.0739. The normalized spacial score (nSPS) is 52.9. The fraction of sp³-hybridized carbons (Fsp3) is 0.867. The van der Waals surface area contributed by atoms with Crippen LogP contribution in [0.25, 0.3) is 0 Å². The molecule has 3 fully saturated rings. The van der Waals surface area contributed by atoms with Crippen molar-refractivity contribution in [3.63, 3.8) is 0 Å². The van der Waals surface area contributed by atoms with Crippen LogP contribution in [-0.4, -0.2) is 0 Å². The molecule has 0 heterocycles. The van der Waals surface area contributed by atoms with Crippen molar-refractivity contribution in [2.75, 3.05) is 0 Å². The number of hydrogen-bond acceptors (Lipinski definition) is 0. The molecule has 15 heavy (non-hydrogen) atoms. The Bertz CT molecular complexity index is 301. The van der Waals surface area contributed by atoms with Crippen LogP contribution in [0.15, 0.2) is 12.2 Å². The summed E-state index contributed by atoms with van der Waals surface area (Å²) >= 11 is 0. The van der Waals surface area contributed by atoms with Gasteiger partial charge in [-0.15, -0.1) is 0 Å². The van der Waals surface area contributed by atoms with E-state index >= 15 is 0 Å². The molecule has 0 N–H and O–H groups in total.